The van der Waals surface area contributed by atoms with E-state index >= 15 is 0 Å². The number of amides is 1. The highest BCUT2D eigenvalue weighted by molar-refractivity contribution is 5.89. The molecule has 2 atom stereocenters. The number of carboxylic acids is 1. The lowest BCUT2D eigenvalue weighted by Gasteiger charge is -2.34. The molecule has 2 rings (SSSR count). The molecule has 19 heavy (non-hydrogen) atoms. The molecule has 0 bridgehead atoms. The highest BCUT2D eigenvalue weighted by Gasteiger charge is 2.45. The van der Waals surface area contributed by atoms with Crippen LogP contribution < -0.4 is 0 Å². The van der Waals surface area contributed by atoms with E-state index in [0.29, 0.717) is 6.42 Å². The van der Waals surface area contributed by atoms with Crippen LogP contribution in [0.25, 0.3) is 0 Å². The first kappa shape index (κ1) is 13.3. The van der Waals surface area contributed by atoms with Crippen molar-refractivity contribution >= 4 is 11.9 Å². The van der Waals surface area contributed by atoms with Crippen LogP contribution in [-0.4, -0.2) is 33.5 Å². The van der Waals surface area contributed by atoms with Crippen molar-refractivity contribution in [3.63, 3.8) is 0 Å². The third-order valence-electron chi connectivity index (χ3n) is 3.53. The van der Waals surface area contributed by atoms with Gasteiger partial charge < -0.3 is 10.0 Å². The molecule has 100 valence electrons. The number of nitrogens with zero attached hydrogens (tertiary/aromatic N) is 1. The van der Waals surface area contributed by atoms with E-state index < -0.39 is 11.5 Å². The highest BCUT2D eigenvalue weighted by Crippen LogP contribution is 2.29. The number of hydrogen-bond donors (Lipinski definition) is 1. The van der Waals surface area contributed by atoms with Crippen molar-refractivity contribution in [2.45, 2.75) is 31.8 Å². The maximum Gasteiger partial charge on any atom is 0.333 e. The molecule has 1 aromatic carbocycles. The Kier molecular flexibility index (Phi) is 3.42. The number of rotatable bonds is 3. The molecular formula is C15H17NO3. The van der Waals surface area contributed by atoms with Crippen LogP contribution in [0.5, 0.6) is 0 Å². The van der Waals surface area contributed by atoms with Crippen molar-refractivity contribution < 1.29 is 14.7 Å². The SMILES string of the molecule is CC(=O)N1[C@@H](Cc2ccccc2)C=C[C@@]1(C)C(=O)O. The van der Waals surface area contributed by atoms with Crippen molar-refractivity contribution in [2.24, 2.45) is 0 Å². The van der Waals surface area contributed by atoms with E-state index in [1.165, 1.54) is 11.8 Å². The van der Waals surface area contributed by atoms with Crippen molar-refractivity contribution in [3.05, 3.63) is 48.0 Å². The van der Waals surface area contributed by atoms with Crippen LogP contribution in [-0.2, 0) is 16.0 Å². The third-order valence-corrected chi connectivity index (χ3v) is 3.53. The van der Waals surface area contributed by atoms with Gasteiger partial charge >= 0.3 is 5.97 Å². The van der Waals surface area contributed by atoms with E-state index in [1.54, 1.807) is 13.0 Å². The van der Waals surface area contributed by atoms with Gasteiger partial charge in [-0.15, -0.1) is 0 Å². The van der Waals surface area contributed by atoms with Crippen LogP contribution in [0, 0.1) is 0 Å². The average molecular weight is 259 g/mol. The van der Waals surface area contributed by atoms with Gasteiger partial charge in [0, 0.05) is 6.92 Å². The number of aliphatic carboxylic acids is 1. The predicted molar refractivity (Wildman–Crippen MR) is 71.6 cm³/mol. The van der Waals surface area contributed by atoms with Gasteiger partial charge in [0.1, 0.15) is 0 Å². The Morgan fingerprint density at radius 2 is 1.95 bits per heavy atom. The smallest absolute Gasteiger partial charge is 0.333 e. The Hall–Kier alpha value is -2.10. The minimum absolute atomic E-state index is 0.207. The first-order valence-corrected chi connectivity index (χ1v) is 6.22. The van der Waals surface area contributed by atoms with Crippen LogP contribution in [0.3, 0.4) is 0 Å². The number of benzene rings is 1. The molecule has 1 aliphatic rings. The second-order valence-electron chi connectivity index (χ2n) is 4.96. The van der Waals surface area contributed by atoms with Crippen LogP contribution in [0.4, 0.5) is 0 Å². The summed E-state index contributed by atoms with van der Waals surface area (Å²) >= 11 is 0. The van der Waals surface area contributed by atoms with Gasteiger partial charge in [-0.3, -0.25) is 4.79 Å². The van der Waals surface area contributed by atoms with E-state index in [0.717, 1.165) is 5.56 Å². The standard InChI is InChI=1S/C15H17NO3/c1-11(17)16-13(8-9-15(16,2)14(18)19)10-12-6-4-3-5-7-12/h3-9,13H,10H2,1-2H3,(H,18,19)/t13-,15+/m1/s1. The van der Waals surface area contributed by atoms with E-state index in [1.807, 2.05) is 36.4 Å². The van der Waals surface area contributed by atoms with Crippen LogP contribution in [0.15, 0.2) is 42.5 Å². The molecule has 1 aliphatic heterocycles. The molecule has 1 heterocycles. The summed E-state index contributed by atoms with van der Waals surface area (Å²) in [6, 6.07) is 9.54. The van der Waals surface area contributed by atoms with Gasteiger partial charge in [-0.05, 0) is 25.0 Å². The molecule has 0 saturated heterocycles. The van der Waals surface area contributed by atoms with E-state index in [4.69, 9.17) is 0 Å². The summed E-state index contributed by atoms with van der Waals surface area (Å²) in [5.41, 5.74) is -0.163. The maximum atomic E-state index is 11.8. The zero-order valence-electron chi connectivity index (χ0n) is 11.0. The largest absolute Gasteiger partial charge is 0.479 e. The summed E-state index contributed by atoms with van der Waals surface area (Å²) in [5, 5.41) is 9.33. The normalized spacial score (nSPS) is 25.6. The monoisotopic (exact) mass is 259 g/mol. The molecule has 1 aromatic rings. The first-order valence-electron chi connectivity index (χ1n) is 6.22. The molecule has 0 saturated carbocycles. The zero-order valence-corrected chi connectivity index (χ0v) is 11.0. The molecule has 1 N–H and O–H groups in total. The quantitative estimate of drug-likeness (QED) is 0.843. The minimum atomic E-state index is -1.24. The average Bonchev–Trinajstić information content (AvgIpc) is 2.69. The molecule has 0 aliphatic carbocycles. The van der Waals surface area contributed by atoms with Crippen LogP contribution in [0.2, 0.25) is 0 Å². The molecule has 0 spiro atoms. The Morgan fingerprint density at radius 1 is 1.32 bits per heavy atom. The molecule has 0 radical (unpaired) electrons. The number of carbonyl (C=O) groups is 2. The summed E-state index contributed by atoms with van der Waals surface area (Å²) in [5.74, 6) is -1.23. The lowest BCUT2D eigenvalue weighted by atomic mass is 10.0. The molecule has 4 heteroatoms. The van der Waals surface area contributed by atoms with Gasteiger partial charge in [0.05, 0.1) is 6.04 Å². The summed E-state index contributed by atoms with van der Waals surface area (Å²) < 4.78 is 0. The minimum Gasteiger partial charge on any atom is -0.479 e. The molecule has 0 unspecified atom stereocenters. The zero-order chi connectivity index (χ0) is 14.0. The third kappa shape index (κ3) is 2.38. The van der Waals surface area contributed by atoms with Crippen LogP contribution in [0.1, 0.15) is 19.4 Å². The van der Waals surface area contributed by atoms with Gasteiger partial charge in [0.15, 0.2) is 5.54 Å². The van der Waals surface area contributed by atoms with Crippen molar-refractivity contribution in [1.29, 1.82) is 0 Å². The van der Waals surface area contributed by atoms with Gasteiger partial charge in [0.25, 0.3) is 0 Å². The number of carbonyl (C=O) groups excluding carboxylic acids is 1. The van der Waals surface area contributed by atoms with Crippen LogP contribution >= 0.6 is 0 Å². The van der Waals surface area contributed by atoms with E-state index in [2.05, 4.69) is 0 Å². The summed E-state index contributed by atoms with van der Waals surface area (Å²) in [7, 11) is 0. The molecule has 4 nitrogen and oxygen atoms in total. The Bertz CT molecular complexity index is 523. The van der Waals surface area contributed by atoms with E-state index in [9.17, 15) is 14.7 Å². The summed E-state index contributed by atoms with van der Waals surface area (Å²) in [6.07, 6.45) is 4.03. The highest BCUT2D eigenvalue weighted by atomic mass is 16.4. The van der Waals surface area contributed by atoms with Crippen molar-refractivity contribution in [2.75, 3.05) is 0 Å². The summed E-state index contributed by atoms with van der Waals surface area (Å²) in [6.45, 7) is 2.96. The van der Waals surface area contributed by atoms with Gasteiger partial charge in [-0.25, -0.2) is 4.79 Å². The second kappa shape index (κ2) is 4.88. The van der Waals surface area contributed by atoms with Gasteiger partial charge in [0.2, 0.25) is 5.91 Å². The lowest BCUT2D eigenvalue weighted by molar-refractivity contribution is -0.154. The number of hydrogen-bond acceptors (Lipinski definition) is 2. The molecular weight excluding hydrogens is 242 g/mol. The Labute approximate surface area is 112 Å². The first-order chi connectivity index (χ1) is 8.95. The van der Waals surface area contributed by atoms with Crippen molar-refractivity contribution in [1.82, 2.24) is 4.90 Å². The fourth-order valence-electron chi connectivity index (χ4n) is 2.56. The topological polar surface area (TPSA) is 57.6 Å². The van der Waals surface area contributed by atoms with Gasteiger partial charge in [-0.1, -0.05) is 36.4 Å². The summed E-state index contributed by atoms with van der Waals surface area (Å²) in [4.78, 5) is 24.6. The lowest BCUT2D eigenvalue weighted by Crippen LogP contribution is -2.54. The number of carboxylic acid groups (broad SMARTS) is 1. The molecule has 0 fully saturated rings. The maximum absolute atomic E-state index is 11.8. The van der Waals surface area contributed by atoms with E-state index in [-0.39, 0.29) is 11.9 Å². The van der Waals surface area contributed by atoms with Crippen molar-refractivity contribution in [3.8, 4) is 0 Å². The molecule has 0 aromatic heterocycles. The second-order valence-corrected chi connectivity index (χ2v) is 4.96. The Balaban J connectivity index is 2.26. The fraction of sp³-hybridized carbons (Fsp3) is 0.333. The predicted octanol–water partition coefficient (Wildman–Crippen LogP) is 1.86. The van der Waals surface area contributed by atoms with Gasteiger partial charge in [-0.2, -0.15) is 0 Å². The molecule has 1 amide bonds. The fourth-order valence-corrected chi connectivity index (χ4v) is 2.56. The Morgan fingerprint density at radius 3 is 2.47 bits per heavy atom.